The largest absolute Gasteiger partial charge is 0.297 e. The zero-order valence-corrected chi connectivity index (χ0v) is 18.6. The van der Waals surface area contributed by atoms with Crippen LogP contribution >= 0.6 is 0 Å². The van der Waals surface area contributed by atoms with Crippen LogP contribution in [0.25, 0.3) is 0 Å². The van der Waals surface area contributed by atoms with E-state index < -0.39 is 0 Å². The number of hydrogen-bond donors (Lipinski definition) is 0. The van der Waals surface area contributed by atoms with Crippen molar-refractivity contribution in [2.75, 3.05) is 26.2 Å². The minimum Gasteiger partial charge on any atom is -0.297 e. The monoisotopic (exact) mass is 422 g/mol. The molecule has 0 saturated carbocycles. The van der Waals surface area contributed by atoms with Crippen LogP contribution in [0.2, 0.25) is 0 Å². The van der Waals surface area contributed by atoms with Gasteiger partial charge in [-0.05, 0) is 42.3 Å². The van der Waals surface area contributed by atoms with Gasteiger partial charge in [0.1, 0.15) is 11.9 Å². The molecular formula is C24H31FN6. The van der Waals surface area contributed by atoms with Crippen molar-refractivity contribution in [3.05, 3.63) is 77.4 Å². The molecule has 2 heterocycles. The van der Waals surface area contributed by atoms with Crippen LogP contribution in [0.5, 0.6) is 0 Å². The predicted molar refractivity (Wildman–Crippen MR) is 119 cm³/mol. The lowest BCUT2D eigenvalue weighted by atomic mass is 9.98. The van der Waals surface area contributed by atoms with Crippen molar-refractivity contribution < 1.29 is 4.39 Å². The minimum atomic E-state index is -0.319. The quantitative estimate of drug-likeness (QED) is 0.579. The Morgan fingerprint density at radius 3 is 2.32 bits per heavy atom. The molecule has 31 heavy (non-hydrogen) atoms. The second-order valence-electron chi connectivity index (χ2n) is 8.84. The molecule has 7 heteroatoms. The standard InChI is InChI=1S/C24H31FN6/c1-4-24(2,3)31-23(26-27-28-31)22(20-12-8-9-13-21(20)25)30-16-14-29(15-17-30)18-19-10-6-5-7-11-19/h5-13,22H,4,14-18H2,1-3H3/t22-/m0/s1. The molecule has 0 amide bonds. The smallest absolute Gasteiger partial charge is 0.173 e. The molecule has 4 rings (SSSR count). The van der Waals surface area contributed by atoms with Crippen LogP contribution in [-0.2, 0) is 12.1 Å². The Bertz CT molecular complexity index is 978. The van der Waals surface area contributed by atoms with Crippen LogP contribution in [0.1, 0.15) is 50.2 Å². The number of rotatable bonds is 7. The van der Waals surface area contributed by atoms with Crippen molar-refractivity contribution in [1.82, 2.24) is 30.0 Å². The first-order valence-electron chi connectivity index (χ1n) is 11.0. The van der Waals surface area contributed by atoms with Crippen molar-refractivity contribution in [2.45, 2.75) is 45.3 Å². The molecule has 1 fully saturated rings. The molecule has 0 radical (unpaired) electrons. The van der Waals surface area contributed by atoms with Gasteiger partial charge >= 0.3 is 0 Å². The van der Waals surface area contributed by atoms with Crippen molar-refractivity contribution in [1.29, 1.82) is 0 Å². The average Bonchev–Trinajstić information content (AvgIpc) is 3.28. The van der Waals surface area contributed by atoms with Gasteiger partial charge in [0.2, 0.25) is 0 Å². The summed E-state index contributed by atoms with van der Waals surface area (Å²) >= 11 is 0. The van der Waals surface area contributed by atoms with Gasteiger partial charge in [0.05, 0.1) is 5.54 Å². The Labute approximate surface area is 183 Å². The fraction of sp³-hybridized carbons (Fsp3) is 0.458. The van der Waals surface area contributed by atoms with E-state index >= 15 is 0 Å². The van der Waals surface area contributed by atoms with Gasteiger partial charge in [-0.15, -0.1) is 5.10 Å². The van der Waals surface area contributed by atoms with Crippen LogP contribution < -0.4 is 0 Å². The van der Waals surface area contributed by atoms with Gasteiger partial charge in [-0.2, -0.15) is 0 Å². The van der Waals surface area contributed by atoms with E-state index in [9.17, 15) is 4.39 Å². The summed E-state index contributed by atoms with van der Waals surface area (Å²) in [4.78, 5) is 4.76. The van der Waals surface area contributed by atoms with E-state index in [4.69, 9.17) is 0 Å². The Morgan fingerprint density at radius 1 is 0.968 bits per heavy atom. The van der Waals surface area contributed by atoms with Gasteiger partial charge in [0.25, 0.3) is 0 Å². The number of benzene rings is 2. The molecule has 1 aliphatic rings. The Morgan fingerprint density at radius 2 is 1.65 bits per heavy atom. The summed E-state index contributed by atoms with van der Waals surface area (Å²) in [6.45, 7) is 10.8. The molecule has 3 aromatic rings. The zero-order valence-electron chi connectivity index (χ0n) is 18.6. The normalized spacial score (nSPS) is 17.0. The number of piperazine rings is 1. The molecule has 0 bridgehead atoms. The SMILES string of the molecule is CCC(C)(C)n1nnnc1[C@H](c1ccccc1F)N1CCN(Cc2ccccc2)CC1. The first kappa shape index (κ1) is 21.6. The molecule has 1 aliphatic heterocycles. The molecule has 0 spiro atoms. The average molecular weight is 423 g/mol. The molecule has 1 atom stereocenters. The van der Waals surface area contributed by atoms with Crippen molar-refractivity contribution >= 4 is 0 Å². The second kappa shape index (κ2) is 9.24. The molecule has 0 unspecified atom stereocenters. The predicted octanol–water partition coefficient (Wildman–Crippen LogP) is 3.86. The molecule has 2 aromatic carbocycles. The van der Waals surface area contributed by atoms with Gasteiger partial charge in [-0.1, -0.05) is 55.5 Å². The van der Waals surface area contributed by atoms with E-state index in [1.54, 1.807) is 6.07 Å². The summed E-state index contributed by atoms with van der Waals surface area (Å²) in [5, 5.41) is 12.7. The van der Waals surface area contributed by atoms with Crippen LogP contribution in [0, 0.1) is 5.82 Å². The summed E-state index contributed by atoms with van der Waals surface area (Å²) in [7, 11) is 0. The van der Waals surface area contributed by atoms with Gasteiger partial charge in [-0.3, -0.25) is 9.80 Å². The molecule has 1 aromatic heterocycles. The van der Waals surface area contributed by atoms with Gasteiger partial charge in [0.15, 0.2) is 5.82 Å². The number of nitrogens with zero attached hydrogens (tertiary/aromatic N) is 6. The highest BCUT2D eigenvalue weighted by atomic mass is 19.1. The lowest BCUT2D eigenvalue weighted by molar-refractivity contribution is 0.0960. The first-order chi connectivity index (χ1) is 15.0. The number of aromatic nitrogens is 4. The molecule has 0 aliphatic carbocycles. The highest BCUT2D eigenvalue weighted by molar-refractivity contribution is 5.27. The van der Waals surface area contributed by atoms with Gasteiger partial charge in [0, 0.05) is 38.3 Å². The summed E-state index contributed by atoms with van der Waals surface area (Å²) in [5.74, 6) is 0.483. The summed E-state index contributed by atoms with van der Waals surface area (Å²) < 4.78 is 16.8. The molecule has 1 saturated heterocycles. The van der Waals surface area contributed by atoms with Gasteiger partial charge in [-0.25, -0.2) is 9.07 Å². The third kappa shape index (κ3) is 4.67. The fourth-order valence-corrected chi connectivity index (χ4v) is 4.16. The van der Waals surface area contributed by atoms with E-state index in [2.05, 4.69) is 70.4 Å². The molecule has 0 N–H and O–H groups in total. The van der Waals surface area contributed by atoms with Crippen molar-refractivity contribution in [3.8, 4) is 0 Å². The minimum absolute atomic E-state index is 0.219. The maximum absolute atomic E-state index is 14.9. The third-order valence-corrected chi connectivity index (χ3v) is 6.40. The van der Waals surface area contributed by atoms with Crippen LogP contribution in [-0.4, -0.2) is 56.2 Å². The molecule has 6 nitrogen and oxygen atoms in total. The van der Waals surface area contributed by atoms with Gasteiger partial charge < -0.3 is 0 Å². The molecular weight excluding hydrogens is 391 g/mol. The maximum Gasteiger partial charge on any atom is 0.173 e. The van der Waals surface area contributed by atoms with E-state index in [1.807, 2.05) is 22.9 Å². The summed E-state index contributed by atoms with van der Waals surface area (Å²) in [6.07, 6.45) is 0.875. The third-order valence-electron chi connectivity index (χ3n) is 6.40. The number of halogens is 1. The van der Waals surface area contributed by atoms with Crippen LogP contribution in [0.4, 0.5) is 4.39 Å². The van der Waals surface area contributed by atoms with E-state index in [0.717, 1.165) is 39.1 Å². The van der Waals surface area contributed by atoms with Crippen molar-refractivity contribution in [3.63, 3.8) is 0 Å². The maximum atomic E-state index is 14.9. The van der Waals surface area contributed by atoms with E-state index in [-0.39, 0.29) is 17.4 Å². The highest BCUT2D eigenvalue weighted by Gasteiger charge is 2.35. The second-order valence-corrected chi connectivity index (χ2v) is 8.84. The Hall–Kier alpha value is -2.64. The fourth-order valence-electron chi connectivity index (χ4n) is 4.16. The van der Waals surface area contributed by atoms with Crippen LogP contribution in [0.3, 0.4) is 0 Å². The lowest BCUT2D eigenvalue weighted by Gasteiger charge is -2.39. The molecule has 164 valence electrons. The number of hydrogen-bond acceptors (Lipinski definition) is 5. The summed E-state index contributed by atoms with van der Waals surface area (Å²) in [5.41, 5.74) is 1.69. The van der Waals surface area contributed by atoms with Crippen LogP contribution in [0.15, 0.2) is 54.6 Å². The highest BCUT2D eigenvalue weighted by Crippen LogP contribution is 2.32. The topological polar surface area (TPSA) is 50.1 Å². The summed E-state index contributed by atoms with van der Waals surface area (Å²) in [6, 6.07) is 17.2. The lowest BCUT2D eigenvalue weighted by Crippen LogP contribution is -2.48. The Kier molecular flexibility index (Phi) is 6.43. The van der Waals surface area contributed by atoms with E-state index in [0.29, 0.717) is 11.4 Å². The number of tetrazole rings is 1. The van der Waals surface area contributed by atoms with E-state index in [1.165, 1.54) is 11.6 Å². The van der Waals surface area contributed by atoms with Crippen molar-refractivity contribution in [2.24, 2.45) is 0 Å². The zero-order chi connectivity index (χ0) is 21.8. The Balaban J connectivity index is 1.60. The first-order valence-corrected chi connectivity index (χ1v) is 11.0.